The Morgan fingerprint density at radius 3 is 1.74 bits per heavy atom. The van der Waals surface area contributed by atoms with E-state index >= 15 is 0 Å². The number of allylic oxidation sites excluding steroid dienone is 2. The van der Waals surface area contributed by atoms with Crippen LogP contribution in [0.3, 0.4) is 0 Å². The lowest BCUT2D eigenvalue weighted by Crippen LogP contribution is -2.59. The molecule has 11 heteroatoms. The Hall–Kier alpha value is -2.47. The van der Waals surface area contributed by atoms with E-state index < -0.39 is 60.1 Å². The van der Waals surface area contributed by atoms with Crippen LogP contribution in [0.25, 0.3) is 0 Å². The highest BCUT2D eigenvalue weighted by Gasteiger charge is 2.63. The minimum absolute atomic E-state index is 0.229. The van der Waals surface area contributed by atoms with Gasteiger partial charge in [-0.15, -0.1) is 0 Å². The van der Waals surface area contributed by atoms with Crippen molar-refractivity contribution in [1.29, 1.82) is 0 Å². The number of halogens is 1. The summed E-state index contributed by atoms with van der Waals surface area (Å²) in [4.78, 5) is 28.8. The molecule has 0 aromatic heterocycles. The SMILES string of the molecule is COC(=O)C1=C(C)N(c2ccc(Cl)cc2)C(C)=C(C(=O)OC)C1[C@@H]1O[C@H]2OC(C)(C)O[C@H]2[C@@H]2OC(C)(C)O[C@@H]21. The second kappa shape index (κ2) is 9.87. The van der Waals surface area contributed by atoms with Crippen molar-refractivity contribution in [1.82, 2.24) is 0 Å². The molecule has 0 saturated carbocycles. The molecule has 0 unspecified atom stereocenters. The lowest BCUT2D eigenvalue weighted by molar-refractivity contribution is -0.240. The van der Waals surface area contributed by atoms with Crippen molar-refractivity contribution in [3.8, 4) is 0 Å². The van der Waals surface area contributed by atoms with Gasteiger partial charge in [-0.05, 0) is 65.8 Å². The normalized spacial score (nSPS) is 31.7. The van der Waals surface area contributed by atoms with E-state index in [-0.39, 0.29) is 11.1 Å². The summed E-state index contributed by atoms with van der Waals surface area (Å²) < 4.78 is 41.9. The second-order valence-corrected chi connectivity index (χ2v) is 11.3. The number of methoxy groups -OCH3 is 2. The summed E-state index contributed by atoms with van der Waals surface area (Å²) in [7, 11) is 2.59. The molecule has 1 aromatic rings. The molecule has 0 amide bonds. The fraction of sp³-hybridized carbons (Fsp3) is 0.571. The maximum Gasteiger partial charge on any atom is 0.336 e. The van der Waals surface area contributed by atoms with Crippen molar-refractivity contribution in [2.45, 2.75) is 83.8 Å². The maximum atomic E-state index is 13.5. The van der Waals surface area contributed by atoms with Gasteiger partial charge in [0.25, 0.3) is 0 Å². The summed E-state index contributed by atoms with van der Waals surface area (Å²) in [6.07, 6.45) is -3.56. The van der Waals surface area contributed by atoms with Crippen LogP contribution in [0.15, 0.2) is 46.8 Å². The van der Waals surface area contributed by atoms with Crippen LogP contribution in [0.4, 0.5) is 5.69 Å². The lowest BCUT2D eigenvalue weighted by atomic mass is 9.76. The van der Waals surface area contributed by atoms with E-state index in [1.807, 2.05) is 4.90 Å². The number of anilines is 1. The molecule has 0 spiro atoms. The molecule has 0 bridgehead atoms. The van der Waals surface area contributed by atoms with Crippen LogP contribution >= 0.6 is 11.6 Å². The zero-order valence-corrected chi connectivity index (χ0v) is 24.0. The molecule has 4 heterocycles. The summed E-state index contributed by atoms with van der Waals surface area (Å²) in [5.74, 6) is -4.06. The Bertz CT molecular complexity index is 1200. The predicted molar refractivity (Wildman–Crippen MR) is 139 cm³/mol. The number of carbonyl (C=O) groups excluding carboxylic acids is 2. The van der Waals surface area contributed by atoms with Gasteiger partial charge in [0.15, 0.2) is 17.9 Å². The number of hydrogen-bond donors (Lipinski definition) is 0. The second-order valence-electron chi connectivity index (χ2n) is 10.9. The summed E-state index contributed by atoms with van der Waals surface area (Å²) in [6.45, 7) is 10.8. The van der Waals surface area contributed by atoms with Gasteiger partial charge in [0.2, 0.25) is 0 Å². The highest BCUT2D eigenvalue weighted by atomic mass is 35.5. The molecule has 0 radical (unpaired) electrons. The number of carbonyl (C=O) groups is 2. The largest absolute Gasteiger partial charge is 0.466 e. The van der Waals surface area contributed by atoms with Crippen molar-refractivity contribution in [2.75, 3.05) is 19.1 Å². The molecule has 5 atom stereocenters. The van der Waals surface area contributed by atoms with Crippen LogP contribution in [-0.2, 0) is 42.7 Å². The van der Waals surface area contributed by atoms with E-state index in [9.17, 15) is 9.59 Å². The standard InChI is InChI=1S/C28H34ClNO9/c1-13-17(24(31)33-7)19(18(25(32)34-8)14(2)30(13)16-11-9-15(29)10-12-16)20-21-22(37-27(3,4)36-21)23-26(35-20)39-28(5,6)38-23/h9-12,19-23,26H,1-8H3/t20-,21+,22+,23-,26-/m0/s1. The predicted octanol–water partition coefficient (Wildman–Crippen LogP) is 4.07. The third-order valence-electron chi connectivity index (χ3n) is 7.49. The lowest BCUT2D eigenvalue weighted by Gasteiger charge is -2.45. The molecule has 3 fully saturated rings. The average molecular weight is 564 g/mol. The van der Waals surface area contributed by atoms with Crippen LogP contribution in [0.1, 0.15) is 41.5 Å². The van der Waals surface area contributed by atoms with Gasteiger partial charge >= 0.3 is 11.9 Å². The summed E-state index contributed by atoms with van der Waals surface area (Å²) >= 11 is 6.14. The fourth-order valence-electron chi connectivity index (χ4n) is 6.07. The molecule has 0 N–H and O–H groups in total. The molecular weight excluding hydrogens is 530 g/mol. The minimum atomic E-state index is -0.972. The van der Waals surface area contributed by atoms with Crippen molar-refractivity contribution in [2.24, 2.45) is 5.92 Å². The Kier molecular flexibility index (Phi) is 7.10. The van der Waals surface area contributed by atoms with Crippen LogP contribution < -0.4 is 4.90 Å². The van der Waals surface area contributed by atoms with Gasteiger partial charge in [0, 0.05) is 22.1 Å². The van der Waals surface area contributed by atoms with E-state index in [4.69, 9.17) is 44.8 Å². The average Bonchev–Trinajstić information content (AvgIpc) is 3.37. The number of ether oxygens (including phenoxy) is 7. The number of hydrogen-bond acceptors (Lipinski definition) is 10. The first kappa shape index (κ1) is 28.1. The Morgan fingerprint density at radius 2 is 1.23 bits per heavy atom. The van der Waals surface area contributed by atoms with Gasteiger partial charge in [-0.2, -0.15) is 0 Å². The molecule has 39 heavy (non-hydrogen) atoms. The van der Waals surface area contributed by atoms with Gasteiger partial charge in [-0.3, -0.25) is 0 Å². The number of esters is 2. The number of nitrogens with zero attached hydrogens (tertiary/aromatic N) is 1. The molecule has 212 valence electrons. The molecule has 4 aliphatic heterocycles. The minimum Gasteiger partial charge on any atom is -0.466 e. The van der Waals surface area contributed by atoms with Crippen molar-refractivity contribution < 1.29 is 42.7 Å². The molecule has 0 aliphatic carbocycles. The molecular formula is C28H34ClNO9. The summed E-state index contributed by atoms with van der Waals surface area (Å²) in [6, 6.07) is 7.08. The third kappa shape index (κ3) is 4.77. The van der Waals surface area contributed by atoms with Crippen LogP contribution in [-0.4, -0.2) is 68.4 Å². The first-order chi connectivity index (χ1) is 18.3. The van der Waals surface area contributed by atoms with Crippen LogP contribution in [0.2, 0.25) is 5.02 Å². The summed E-state index contributed by atoms with van der Waals surface area (Å²) in [5.41, 5.74) is 2.28. The van der Waals surface area contributed by atoms with Gasteiger partial charge < -0.3 is 38.1 Å². The van der Waals surface area contributed by atoms with E-state index in [0.29, 0.717) is 22.1 Å². The Balaban J connectivity index is 1.69. The number of rotatable bonds is 4. The van der Waals surface area contributed by atoms with Crippen molar-refractivity contribution >= 4 is 29.2 Å². The highest BCUT2D eigenvalue weighted by molar-refractivity contribution is 6.30. The zero-order valence-electron chi connectivity index (χ0n) is 23.3. The maximum absolute atomic E-state index is 13.5. The Morgan fingerprint density at radius 1 is 0.769 bits per heavy atom. The van der Waals surface area contributed by atoms with E-state index in [1.165, 1.54) is 14.2 Å². The van der Waals surface area contributed by atoms with Gasteiger partial charge in [0.05, 0.1) is 31.3 Å². The molecule has 4 aliphatic rings. The van der Waals surface area contributed by atoms with Gasteiger partial charge in [-0.25, -0.2) is 9.59 Å². The Labute approximate surface area is 232 Å². The van der Waals surface area contributed by atoms with Crippen molar-refractivity contribution in [3.05, 3.63) is 51.8 Å². The van der Waals surface area contributed by atoms with E-state index in [2.05, 4.69) is 0 Å². The smallest absolute Gasteiger partial charge is 0.336 e. The van der Waals surface area contributed by atoms with Crippen LogP contribution in [0.5, 0.6) is 0 Å². The first-order valence-corrected chi connectivity index (χ1v) is 13.2. The quantitative estimate of drug-likeness (QED) is 0.498. The van der Waals surface area contributed by atoms with Crippen LogP contribution in [0, 0.1) is 5.92 Å². The molecule has 5 rings (SSSR count). The highest BCUT2D eigenvalue weighted by Crippen LogP contribution is 2.50. The fourth-order valence-corrected chi connectivity index (χ4v) is 6.20. The monoisotopic (exact) mass is 563 g/mol. The van der Waals surface area contributed by atoms with Crippen molar-refractivity contribution in [3.63, 3.8) is 0 Å². The third-order valence-corrected chi connectivity index (χ3v) is 7.74. The zero-order chi connectivity index (χ0) is 28.4. The summed E-state index contributed by atoms with van der Waals surface area (Å²) in [5, 5.41) is 0.553. The van der Waals surface area contributed by atoms with E-state index in [1.54, 1.807) is 65.8 Å². The topological polar surface area (TPSA) is 102 Å². The molecule has 1 aromatic carbocycles. The van der Waals surface area contributed by atoms with Gasteiger partial charge in [-0.1, -0.05) is 11.6 Å². The number of fused-ring (bicyclic) bond motifs is 3. The van der Waals surface area contributed by atoms with E-state index in [0.717, 1.165) is 0 Å². The van der Waals surface area contributed by atoms with Gasteiger partial charge in [0.1, 0.15) is 24.4 Å². The first-order valence-electron chi connectivity index (χ1n) is 12.8. The molecule has 3 saturated heterocycles. The number of benzene rings is 1. The molecule has 10 nitrogen and oxygen atoms in total.